The number of hydrogen-bond donors (Lipinski definition) is 0. The van der Waals surface area contributed by atoms with Crippen LogP contribution in [0.2, 0.25) is 10.0 Å². The van der Waals surface area contributed by atoms with Gasteiger partial charge in [-0.15, -0.1) is 0 Å². The molecule has 0 aliphatic carbocycles. The van der Waals surface area contributed by atoms with E-state index in [-0.39, 0.29) is 0 Å². The summed E-state index contributed by atoms with van der Waals surface area (Å²) in [5.74, 6) is 0. The first-order chi connectivity index (χ1) is 7.70. The van der Waals surface area contributed by atoms with Gasteiger partial charge in [0, 0.05) is 10.0 Å². The molecule has 0 aromatic heterocycles. The third-order valence-corrected chi connectivity index (χ3v) is 3.67. The molecule has 90 valence electrons. The first kappa shape index (κ1) is 13.9. The van der Waals surface area contributed by atoms with Crippen LogP contribution >= 0.6 is 23.2 Å². The van der Waals surface area contributed by atoms with E-state index >= 15 is 0 Å². The van der Waals surface area contributed by atoms with Crippen molar-refractivity contribution in [2.45, 2.75) is 52.4 Å². The molecule has 0 aliphatic heterocycles. The van der Waals surface area contributed by atoms with Crippen molar-refractivity contribution in [1.82, 2.24) is 0 Å². The molecule has 0 saturated carbocycles. The first-order valence-electron chi connectivity index (χ1n) is 6.16. The monoisotopic (exact) mass is 258 g/mol. The van der Waals surface area contributed by atoms with E-state index in [0.29, 0.717) is 0 Å². The van der Waals surface area contributed by atoms with E-state index in [9.17, 15) is 0 Å². The maximum absolute atomic E-state index is 6.40. The summed E-state index contributed by atoms with van der Waals surface area (Å²) < 4.78 is 0. The van der Waals surface area contributed by atoms with Gasteiger partial charge in [-0.2, -0.15) is 0 Å². The van der Waals surface area contributed by atoms with E-state index in [1.165, 1.54) is 24.8 Å². The van der Waals surface area contributed by atoms with Crippen LogP contribution in [-0.4, -0.2) is 0 Å². The van der Waals surface area contributed by atoms with E-state index in [2.05, 4.69) is 19.9 Å². The molecule has 1 rings (SSSR count). The highest BCUT2D eigenvalue weighted by atomic mass is 35.5. The van der Waals surface area contributed by atoms with Crippen molar-refractivity contribution < 1.29 is 0 Å². The molecule has 0 aliphatic rings. The summed E-state index contributed by atoms with van der Waals surface area (Å²) in [5.41, 5.74) is 2.39. The summed E-state index contributed by atoms with van der Waals surface area (Å²) in [4.78, 5) is 0. The van der Waals surface area contributed by atoms with Crippen LogP contribution in [0.3, 0.4) is 0 Å². The normalized spacial score (nSPS) is 10.8. The summed E-state index contributed by atoms with van der Waals surface area (Å²) in [6, 6.07) is 4.05. The van der Waals surface area contributed by atoms with Crippen molar-refractivity contribution >= 4 is 23.2 Å². The van der Waals surface area contributed by atoms with Gasteiger partial charge in [0.15, 0.2) is 0 Å². The van der Waals surface area contributed by atoms with Crippen LogP contribution in [0, 0.1) is 0 Å². The lowest BCUT2D eigenvalue weighted by Crippen LogP contribution is -1.94. The van der Waals surface area contributed by atoms with E-state index in [4.69, 9.17) is 23.2 Å². The molecule has 0 atom stereocenters. The predicted octanol–water partition coefficient (Wildman–Crippen LogP) is 5.68. The Balaban J connectivity index is 2.87. The molecule has 0 N–H and O–H groups in total. The van der Waals surface area contributed by atoms with E-state index in [1.807, 2.05) is 6.07 Å². The van der Waals surface area contributed by atoms with E-state index < -0.39 is 0 Å². The van der Waals surface area contributed by atoms with Gasteiger partial charge in [0.2, 0.25) is 0 Å². The second-order valence-corrected chi connectivity index (χ2v) is 4.99. The highest BCUT2D eigenvalue weighted by Gasteiger charge is 2.09. The molecule has 0 bridgehead atoms. The lowest BCUT2D eigenvalue weighted by atomic mass is 10.0. The van der Waals surface area contributed by atoms with Crippen LogP contribution in [0.25, 0.3) is 0 Å². The second kappa shape index (κ2) is 7.19. The van der Waals surface area contributed by atoms with Crippen LogP contribution in [0.4, 0.5) is 0 Å². The van der Waals surface area contributed by atoms with Crippen LogP contribution < -0.4 is 0 Å². The fourth-order valence-electron chi connectivity index (χ4n) is 1.79. The van der Waals surface area contributed by atoms with Crippen LogP contribution in [-0.2, 0) is 12.8 Å². The van der Waals surface area contributed by atoms with Gasteiger partial charge in [-0.3, -0.25) is 0 Å². The Morgan fingerprint density at radius 2 is 1.56 bits per heavy atom. The lowest BCUT2D eigenvalue weighted by molar-refractivity contribution is 0.781. The zero-order chi connectivity index (χ0) is 12.0. The SMILES string of the molecule is CCCCc1ccc(Cl)c(CCCC)c1Cl. The molecule has 0 amide bonds. The minimum Gasteiger partial charge on any atom is -0.0840 e. The standard InChI is InChI=1S/C14H20Cl2/c1-3-5-7-11-9-10-13(15)12(14(11)16)8-6-4-2/h9-10H,3-8H2,1-2H3. The minimum absolute atomic E-state index is 0.818. The third-order valence-electron chi connectivity index (χ3n) is 2.85. The van der Waals surface area contributed by atoms with Gasteiger partial charge in [0.25, 0.3) is 0 Å². The smallest absolute Gasteiger partial charge is 0.0484 e. The van der Waals surface area contributed by atoms with Crippen LogP contribution in [0.5, 0.6) is 0 Å². The van der Waals surface area contributed by atoms with Crippen molar-refractivity contribution in [2.24, 2.45) is 0 Å². The fourth-order valence-corrected chi connectivity index (χ4v) is 2.44. The number of hydrogen-bond acceptors (Lipinski definition) is 0. The number of unbranched alkanes of at least 4 members (excludes halogenated alkanes) is 2. The summed E-state index contributed by atoms with van der Waals surface area (Å²) in [6.07, 6.45) is 6.76. The molecule has 0 nitrogen and oxygen atoms in total. The van der Waals surface area contributed by atoms with Gasteiger partial charge in [-0.25, -0.2) is 0 Å². The van der Waals surface area contributed by atoms with Gasteiger partial charge >= 0.3 is 0 Å². The van der Waals surface area contributed by atoms with E-state index in [0.717, 1.165) is 34.9 Å². The molecule has 0 radical (unpaired) electrons. The summed E-state index contributed by atoms with van der Waals surface area (Å²) >= 11 is 12.6. The molecule has 0 saturated heterocycles. The molecule has 1 aromatic carbocycles. The van der Waals surface area contributed by atoms with Gasteiger partial charge < -0.3 is 0 Å². The molecule has 1 aromatic rings. The number of halogens is 2. The van der Waals surface area contributed by atoms with Gasteiger partial charge in [-0.1, -0.05) is 56.0 Å². The highest BCUT2D eigenvalue weighted by Crippen LogP contribution is 2.30. The van der Waals surface area contributed by atoms with Crippen LogP contribution in [0.1, 0.15) is 50.7 Å². The Kier molecular flexibility index (Phi) is 6.23. The quantitative estimate of drug-likeness (QED) is 0.616. The van der Waals surface area contributed by atoms with Gasteiger partial charge in [-0.05, 0) is 42.9 Å². The average Bonchev–Trinajstić information content (AvgIpc) is 2.28. The Labute approximate surface area is 109 Å². The molecular formula is C14H20Cl2. The highest BCUT2D eigenvalue weighted by molar-refractivity contribution is 6.36. The molecule has 0 spiro atoms. The molecular weight excluding hydrogens is 239 g/mol. The van der Waals surface area contributed by atoms with Crippen molar-refractivity contribution in [3.63, 3.8) is 0 Å². The Bertz CT molecular complexity index is 332. The largest absolute Gasteiger partial charge is 0.0840 e. The van der Waals surface area contributed by atoms with Crippen LogP contribution in [0.15, 0.2) is 12.1 Å². The zero-order valence-electron chi connectivity index (χ0n) is 10.2. The molecule has 16 heavy (non-hydrogen) atoms. The average molecular weight is 259 g/mol. The number of rotatable bonds is 6. The summed E-state index contributed by atoms with van der Waals surface area (Å²) in [5, 5.41) is 1.72. The van der Waals surface area contributed by atoms with Crippen molar-refractivity contribution in [3.05, 3.63) is 33.3 Å². The van der Waals surface area contributed by atoms with Crippen molar-refractivity contribution in [1.29, 1.82) is 0 Å². The minimum atomic E-state index is 0.818. The van der Waals surface area contributed by atoms with E-state index in [1.54, 1.807) is 0 Å². The molecule has 0 heterocycles. The fraction of sp³-hybridized carbons (Fsp3) is 0.571. The van der Waals surface area contributed by atoms with Gasteiger partial charge in [0.1, 0.15) is 0 Å². The Hall–Kier alpha value is -0.200. The van der Waals surface area contributed by atoms with Crippen molar-refractivity contribution in [2.75, 3.05) is 0 Å². The first-order valence-corrected chi connectivity index (χ1v) is 6.92. The zero-order valence-corrected chi connectivity index (χ0v) is 11.7. The summed E-state index contributed by atoms with van der Waals surface area (Å²) in [7, 11) is 0. The molecule has 0 fully saturated rings. The Morgan fingerprint density at radius 1 is 0.938 bits per heavy atom. The maximum atomic E-state index is 6.40. The van der Waals surface area contributed by atoms with Gasteiger partial charge in [0.05, 0.1) is 0 Å². The number of benzene rings is 1. The summed E-state index contributed by atoms with van der Waals surface area (Å²) in [6.45, 7) is 4.38. The topological polar surface area (TPSA) is 0 Å². The van der Waals surface area contributed by atoms with Crippen molar-refractivity contribution in [3.8, 4) is 0 Å². The number of aryl methyl sites for hydroxylation is 1. The predicted molar refractivity (Wildman–Crippen MR) is 73.7 cm³/mol. The maximum Gasteiger partial charge on any atom is 0.0484 e. The molecule has 0 unspecified atom stereocenters. The Morgan fingerprint density at radius 3 is 2.19 bits per heavy atom. The molecule has 2 heteroatoms. The third kappa shape index (κ3) is 3.68. The lowest BCUT2D eigenvalue weighted by Gasteiger charge is -2.11. The second-order valence-electron chi connectivity index (χ2n) is 4.21.